The Kier molecular flexibility index (Phi) is 5.48. The lowest BCUT2D eigenvalue weighted by molar-refractivity contribution is 0.973. The second-order valence-corrected chi connectivity index (χ2v) is 10.0. The molecule has 0 spiro atoms. The van der Waals surface area contributed by atoms with Gasteiger partial charge in [0, 0.05) is 0 Å². The first-order valence-electron chi connectivity index (χ1n) is 13.1. The van der Waals surface area contributed by atoms with Gasteiger partial charge in [0.25, 0.3) is 0 Å². The van der Waals surface area contributed by atoms with Crippen molar-refractivity contribution in [1.29, 1.82) is 0 Å². The smallest absolute Gasteiger partial charge is 0.183 e. The van der Waals surface area contributed by atoms with Crippen LogP contribution in [0.2, 0.25) is 0 Å². The van der Waals surface area contributed by atoms with E-state index in [9.17, 15) is 0 Å². The molecular formula is C32H26N8. The number of benzene rings is 3. The van der Waals surface area contributed by atoms with Crippen LogP contribution in [0.1, 0.15) is 22.3 Å². The lowest BCUT2D eigenvalue weighted by atomic mass is 10.1. The third-order valence-corrected chi connectivity index (χ3v) is 7.35. The molecular weight excluding hydrogens is 496 g/mol. The monoisotopic (exact) mass is 522 g/mol. The molecule has 0 radical (unpaired) electrons. The molecule has 2 aromatic heterocycles. The first kappa shape index (κ1) is 23.8. The Bertz CT molecular complexity index is 1890. The van der Waals surface area contributed by atoms with Crippen molar-refractivity contribution in [2.45, 2.75) is 27.7 Å². The highest BCUT2D eigenvalue weighted by atomic mass is 15.5. The second kappa shape index (κ2) is 9.20. The van der Waals surface area contributed by atoms with E-state index in [0.717, 1.165) is 62.1 Å². The number of allylic oxidation sites excluding steroid dienone is 1. The van der Waals surface area contributed by atoms with E-state index >= 15 is 0 Å². The molecule has 0 saturated heterocycles. The second-order valence-electron chi connectivity index (χ2n) is 10.0. The van der Waals surface area contributed by atoms with Crippen molar-refractivity contribution in [2.24, 2.45) is 9.98 Å². The standard InChI is InChI=1S/C32H26N8/c1-19-9-7-10-20(2)29(19)39-27(16-15-25-28-26(17-35-38-25)33-18-34-28)40(30-21(3)11-8-12-22(30)4)32-31(39)36-23-13-5-6-14-24(23)37-32/h5-18H,1-4H3/b25-15+. The maximum Gasteiger partial charge on any atom is 0.183 e. The number of aromatic nitrogens is 4. The fraction of sp³-hybridized carbons (Fsp3) is 0.125. The highest BCUT2D eigenvalue weighted by Crippen LogP contribution is 2.50. The summed E-state index contributed by atoms with van der Waals surface area (Å²) in [5, 5.41) is 9.89. The summed E-state index contributed by atoms with van der Waals surface area (Å²) in [6.45, 7) is 8.52. The van der Waals surface area contributed by atoms with Gasteiger partial charge in [0.05, 0.1) is 28.6 Å². The number of aliphatic imine (C=N–C) groups is 1. The van der Waals surface area contributed by atoms with Crippen LogP contribution in [0.15, 0.2) is 88.7 Å². The van der Waals surface area contributed by atoms with Crippen molar-refractivity contribution in [3.63, 3.8) is 0 Å². The van der Waals surface area contributed by atoms with Gasteiger partial charge in [-0.3, -0.25) is 9.80 Å². The summed E-state index contributed by atoms with van der Waals surface area (Å²) < 4.78 is 0. The Morgan fingerprint density at radius 2 is 1.20 bits per heavy atom. The SMILES string of the molecule is Cc1cccc(C)c1N1C(=C/C=c2/nncc3c2=NC=N3)N(c2c(C)cccc2C)c2nc3ccccc3nc21. The number of aryl methyl sites for hydroxylation is 4. The van der Waals surface area contributed by atoms with E-state index in [2.05, 4.69) is 100 Å². The van der Waals surface area contributed by atoms with Gasteiger partial charge in [-0.05, 0) is 74.2 Å². The third-order valence-electron chi connectivity index (χ3n) is 7.35. The molecule has 0 amide bonds. The number of anilines is 4. The molecule has 2 aliphatic heterocycles. The minimum Gasteiger partial charge on any atom is -0.276 e. The van der Waals surface area contributed by atoms with Crippen LogP contribution in [0.3, 0.4) is 0 Å². The summed E-state index contributed by atoms with van der Waals surface area (Å²) in [7, 11) is 0. The predicted molar refractivity (Wildman–Crippen MR) is 159 cm³/mol. The molecule has 194 valence electrons. The Morgan fingerprint density at radius 1 is 0.650 bits per heavy atom. The average molecular weight is 523 g/mol. The van der Waals surface area contributed by atoms with Crippen LogP contribution < -0.4 is 20.5 Å². The Balaban J connectivity index is 1.59. The van der Waals surface area contributed by atoms with E-state index in [1.807, 2.05) is 30.3 Å². The van der Waals surface area contributed by atoms with Gasteiger partial charge in [-0.2, -0.15) is 5.10 Å². The molecule has 0 N–H and O–H groups in total. The van der Waals surface area contributed by atoms with Gasteiger partial charge in [0.15, 0.2) is 11.6 Å². The maximum atomic E-state index is 5.19. The highest BCUT2D eigenvalue weighted by molar-refractivity contribution is 5.95. The Labute approximate surface area is 231 Å². The zero-order valence-corrected chi connectivity index (χ0v) is 22.7. The first-order chi connectivity index (χ1) is 19.5. The van der Waals surface area contributed by atoms with Crippen LogP contribution in [0.25, 0.3) is 17.1 Å². The molecule has 40 heavy (non-hydrogen) atoms. The number of fused-ring (bicyclic) bond motifs is 3. The fourth-order valence-corrected chi connectivity index (χ4v) is 5.53. The largest absolute Gasteiger partial charge is 0.276 e. The molecule has 2 aliphatic rings. The molecule has 0 saturated carbocycles. The molecule has 4 heterocycles. The van der Waals surface area contributed by atoms with Gasteiger partial charge in [-0.1, -0.05) is 48.5 Å². The van der Waals surface area contributed by atoms with Gasteiger partial charge >= 0.3 is 0 Å². The number of nitrogens with zero attached hydrogens (tertiary/aromatic N) is 8. The van der Waals surface area contributed by atoms with Gasteiger partial charge in [-0.15, -0.1) is 5.10 Å². The van der Waals surface area contributed by atoms with Gasteiger partial charge < -0.3 is 0 Å². The number of para-hydroxylation sites is 4. The third kappa shape index (κ3) is 3.68. The molecule has 7 rings (SSSR count). The van der Waals surface area contributed by atoms with Crippen molar-refractivity contribution in [3.8, 4) is 0 Å². The van der Waals surface area contributed by atoms with E-state index in [-0.39, 0.29) is 0 Å². The Hall–Kier alpha value is -5.24. The molecule has 0 fully saturated rings. The molecule has 0 unspecified atom stereocenters. The van der Waals surface area contributed by atoms with Gasteiger partial charge in [-0.25, -0.2) is 20.0 Å². The molecule has 3 aromatic carbocycles. The lowest BCUT2D eigenvalue weighted by Crippen LogP contribution is -2.29. The summed E-state index contributed by atoms with van der Waals surface area (Å²) in [6.07, 6.45) is 7.18. The number of hydrogen-bond donors (Lipinski definition) is 0. The summed E-state index contributed by atoms with van der Waals surface area (Å²) >= 11 is 0. The van der Waals surface area contributed by atoms with E-state index in [1.54, 1.807) is 6.20 Å². The summed E-state index contributed by atoms with van der Waals surface area (Å²) in [5.74, 6) is 2.44. The van der Waals surface area contributed by atoms with Crippen molar-refractivity contribution < 1.29 is 0 Å². The maximum absolute atomic E-state index is 5.19. The first-order valence-corrected chi connectivity index (χ1v) is 13.1. The highest BCUT2D eigenvalue weighted by Gasteiger charge is 2.38. The van der Waals surface area contributed by atoms with E-state index < -0.39 is 0 Å². The molecule has 8 heteroatoms. The van der Waals surface area contributed by atoms with Crippen LogP contribution in [-0.4, -0.2) is 26.5 Å². The van der Waals surface area contributed by atoms with Crippen LogP contribution in [0, 0.1) is 27.7 Å². The molecule has 0 aliphatic carbocycles. The fourth-order valence-electron chi connectivity index (χ4n) is 5.53. The van der Waals surface area contributed by atoms with Crippen LogP contribution in [0.5, 0.6) is 0 Å². The molecule has 0 atom stereocenters. The van der Waals surface area contributed by atoms with Crippen LogP contribution in [0.4, 0.5) is 28.7 Å². The van der Waals surface area contributed by atoms with Gasteiger partial charge in [0.2, 0.25) is 0 Å². The minimum absolute atomic E-state index is 0.646. The van der Waals surface area contributed by atoms with Crippen LogP contribution in [-0.2, 0) is 0 Å². The summed E-state index contributed by atoms with van der Waals surface area (Å²) in [6, 6.07) is 20.7. The van der Waals surface area contributed by atoms with E-state index in [1.165, 1.54) is 6.34 Å². The topological polar surface area (TPSA) is 82.8 Å². The quantitative estimate of drug-likeness (QED) is 0.309. The summed E-state index contributed by atoms with van der Waals surface area (Å²) in [5.41, 5.74) is 9.08. The molecule has 8 nitrogen and oxygen atoms in total. The Morgan fingerprint density at radius 3 is 1.75 bits per heavy atom. The normalized spacial score (nSPS) is 14.1. The van der Waals surface area contributed by atoms with E-state index in [4.69, 9.17) is 9.97 Å². The molecule has 5 aromatic rings. The number of rotatable bonds is 3. The zero-order valence-electron chi connectivity index (χ0n) is 22.7. The minimum atomic E-state index is 0.646. The van der Waals surface area contributed by atoms with Gasteiger partial charge in [0.1, 0.15) is 28.6 Å². The zero-order chi connectivity index (χ0) is 27.4. The summed E-state index contributed by atoms with van der Waals surface area (Å²) in [4.78, 5) is 23.5. The van der Waals surface area contributed by atoms with E-state index in [0.29, 0.717) is 16.4 Å². The van der Waals surface area contributed by atoms with Crippen molar-refractivity contribution in [2.75, 3.05) is 9.80 Å². The van der Waals surface area contributed by atoms with Crippen molar-refractivity contribution >= 4 is 52.1 Å². The van der Waals surface area contributed by atoms with Crippen molar-refractivity contribution in [3.05, 3.63) is 112 Å². The average Bonchev–Trinajstić information content (AvgIpc) is 3.54. The number of hydrogen-bond acceptors (Lipinski definition) is 8. The lowest BCUT2D eigenvalue weighted by Gasteiger charge is -2.28. The predicted octanol–water partition coefficient (Wildman–Crippen LogP) is 5.56. The van der Waals surface area contributed by atoms with Crippen molar-refractivity contribution in [1.82, 2.24) is 20.2 Å². The van der Waals surface area contributed by atoms with Crippen LogP contribution >= 0.6 is 0 Å². The molecule has 0 bridgehead atoms.